The van der Waals surface area contributed by atoms with Crippen LogP contribution < -0.4 is 10.1 Å². The number of sulfonamides is 1. The molecule has 2 aliphatic rings. The molecule has 156 valence electrons. The minimum absolute atomic E-state index is 0.0591. The van der Waals surface area contributed by atoms with Gasteiger partial charge in [0, 0.05) is 30.8 Å². The monoisotopic (exact) mass is 434 g/mol. The van der Waals surface area contributed by atoms with Gasteiger partial charge in [0.15, 0.2) is 0 Å². The van der Waals surface area contributed by atoms with Crippen LogP contribution in [-0.4, -0.2) is 37.8 Å². The van der Waals surface area contributed by atoms with E-state index in [1.165, 1.54) is 28.5 Å². The predicted octanol–water partition coefficient (Wildman–Crippen LogP) is 4.11. The van der Waals surface area contributed by atoms with Crippen LogP contribution in [0.3, 0.4) is 0 Å². The SMILES string of the molecule is O=C(Nc1cccc(OC2CCCC2)c1)C1CCN(S(=O)(=O)c2cccs2)CC1. The third-order valence-corrected chi connectivity index (χ3v) is 8.89. The van der Waals surface area contributed by atoms with Gasteiger partial charge < -0.3 is 10.1 Å². The third kappa shape index (κ3) is 4.82. The summed E-state index contributed by atoms with van der Waals surface area (Å²) >= 11 is 1.22. The van der Waals surface area contributed by atoms with E-state index in [4.69, 9.17) is 4.74 Å². The molecule has 0 unspecified atom stereocenters. The number of rotatable bonds is 6. The number of carbonyl (C=O) groups is 1. The Morgan fingerprint density at radius 1 is 1.07 bits per heavy atom. The van der Waals surface area contributed by atoms with Crippen LogP contribution in [0.4, 0.5) is 5.69 Å². The molecule has 4 rings (SSSR count). The molecule has 1 amide bonds. The molecule has 1 N–H and O–H groups in total. The number of anilines is 1. The topological polar surface area (TPSA) is 75.7 Å². The largest absolute Gasteiger partial charge is 0.490 e. The van der Waals surface area contributed by atoms with Crippen LogP contribution in [0.1, 0.15) is 38.5 Å². The minimum atomic E-state index is -3.44. The molecule has 1 aliphatic heterocycles. The molecule has 6 nitrogen and oxygen atoms in total. The van der Waals surface area contributed by atoms with Crippen molar-refractivity contribution in [3.63, 3.8) is 0 Å². The second-order valence-corrected chi connectivity index (χ2v) is 10.8. The number of nitrogens with zero attached hydrogens (tertiary/aromatic N) is 1. The molecule has 2 aromatic rings. The molecule has 8 heteroatoms. The van der Waals surface area contributed by atoms with Crippen LogP contribution in [0, 0.1) is 5.92 Å². The van der Waals surface area contributed by atoms with Crippen molar-refractivity contribution < 1.29 is 17.9 Å². The summed E-state index contributed by atoms with van der Waals surface area (Å²) in [4.78, 5) is 12.7. The predicted molar refractivity (Wildman–Crippen MR) is 114 cm³/mol. The fourth-order valence-corrected chi connectivity index (χ4v) is 6.60. The lowest BCUT2D eigenvalue weighted by Gasteiger charge is -2.30. The van der Waals surface area contributed by atoms with Crippen LogP contribution in [0.2, 0.25) is 0 Å². The lowest BCUT2D eigenvalue weighted by molar-refractivity contribution is -0.120. The number of hydrogen-bond donors (Lipinski definition) is 1. The maximum Gasteiger partial charge on any atom is 0.252 e. The number of thiophene rings is 1. The fraction of sp³-hybridized carbons (Fsp3) is 0.476. The Morgan fingerprint density at radius 3 is 2.52 bits per heavy atom. The highest BCUT2D eigenvalue weighted by atomic mass is 32.2. The highest BCUT2D eigenvalue weighted by Crippen LogP contribution is 2.28. The Kier molecular flexibility index (Phi) is 6.22. The maximum absolute atomic E-state index is 12.7. The van der Waals surface area contributed by atoms with Gasteiger partial charge in [-0.05, 0) is 62.1 Å². The smallest absolute Gasteiger partial charge is 0.252 e. The average molecular weight is 435 g/mol. The zero-order valence-corrected chi connectivity index (χ0v) is 17.9. The van der Waals surface area contributed by atoms with Gasteiger partial charge >= 0.3 is 0 Å². The number of carbonyl (C=O) groups excluding carboxylic acids is 1. The number of ether oxygens (including phenoxy) is 1. The molecule has 0 atom stereocenters. The molecule has 1 saturated carbocycles. The van der Waals surface area contributed by atoms with Gasteiger partial charge in [0.05, 0.1) is 6.10 Å². The first kappa shape index (κ1) is 20.4. The summed E-state index contributed by atoms with van der Waals surface area (Å²) in [5, 5.41) is 4.73. The molecule has 1 aromatic carbocycles. The van der Waals surface area contributed by atoms with Crippen molar-refractivity contribution in [2.45, 2.75) is 48.8 Å². The van der Waals surface area contributed by atoms with Crippen molar-refractivity contribution in [1.29, 1.82) is 0 Å². The maximum atomic E-state index is 12.7. The van der Waals surface area contributed by atoms with Gasteiger partial charge in [-0.15, -0.1) is 11.3 Å². The zero-order chi connectivity index (χ0) is 20.3. The molecule has 0 radical (unpaired) electrons. The van der Waals surface area contributed by atoms with E-state index in [-0.39, 0.29) is 17.9 Å². The zero-order valence-electron chi connectivity index (χ0n) is 16.2. The first-order valence-corrected chi connectivity index (χ1v) is 12.5. The van der Waals surface area contributed by atoms with Crippen molar-refractivity contribution in [1.82, 2.24) is 4.31 Å². The van der Waals surface area contributed by atoms with Crippen molar-refractivity contribution in [2.75, 3.05) is 18.4 Å². The van der Waals surface area contributed by atoms with Gasteiger partial charge in [-0.2, -0.15) is 4.31 Å². The standard InChI is InChI=1S/C21H26N2O4S2/c24-21(22-17-5-3-8-19(15-17)27-18-6-1-2-7-18)16-10-12-23(13-11-16)29(25,26)20-9-4-14-28-20/h3-5,8-9,14-16,18H,1-2,6-7,10-13H2,(H,22,24). The van der Waals surface area contributed by atoms with Gasteiger partial charge in [-0.1, -0.05) is 12.1 Å². The van der Waals surface area contributed by atoms with E-state index in [0.717, 1.165) is 24.3 Å². The number of benzene rings is 1. The van der Waals surface area contributed by atoms with E-state index in [2.05, 4.69) is 5.32 Å². The van der Waals surface area contributed by atoms with Gasteiger partial charge in [0.2, 0.25) is 5.91 Å². The molecule has 2 heterocycles. The fourth-order valence-electron chi connectivity index (χ4n) is 3.99. The Bertz CT molecular complexity index is 929. The van der Waals surface area contributed by atoms with Crippen LogP contribution in [0.15, 0.2) is 46.0 Å². The second-order valence-electron chi connectivity index (χ2n) is 7.65. The minimum Gasteiger partial charge on any atom is -0.490 e. The first-order chi connectivity index (χ1) is 14.0. The van der Waals surface area contributed by atoms with E-state index in [0.29, 0.717) is 30.1 Å². The highest BCUT2D eigenvalue weighted by Gasteiger charge is 2.32. The van der Waals surface area contributed by atoms with Crippen LogP contribution in [0.25, 0.3) is 0 Å². The summed E-state index contributed by atoms with van der Waals surface area (Å²) in [6, 6.07) is 10.9. The lowest BCUT2D eigenvalue weighted by Crippen LogP contribution is -2.41. The quantitative estimate of drug-likeness (QED) is 0.742. The molecule has 2 fully saturated rings. The van der Waals surface area contributed by atoms with Crippen LogP contribution in [0.5, 0.6) is 5.75 Å². The summed E-state index contributed by atoms with van der Waals surface area (Å²) in [5.41, 5.74) is 0.721. The molecule has 1 saturated heterocycles. The molecular formula is C21H26N2O4S2. The van der Waals surface area contributed by atoms with Gasteiger partial charge in [0.25, 0.3) is 10.0 Å². The van der Waals surface area contributed by atoms with Crippen LogP contribution >= 0.6 is 11.3 Å². The first-order valence-electron chi connectivity index (χ1n) is 10.1. The average Bonchev–Trinajstić information content (AvgIpc) is 3.43. The summed E-state index contributed by atoms with van der Waals surface area (Å²) in [6.07, 6.45) is 5.91. The second kappa shape index (κ2) is 8.85. The number of piperidine rings is 1. The summed E-state index contributed by atoms with van der Waals surface area (Å²) in [7, 11) is -3.44. The molecule has 1 aliphatic carbocycles. The number of amides is 1. The summed E-state index contributed by atoms with van der Waals surface area (Å²) in [6.45, 7) is 0.728. The molecule has 0 bridgehead atoms. The van der Waals surface area contributed by atoms with Crippen LogP contribution in [-0.2, 0) is 14.8 Å². The van der Waals surface area contributed by atoms with Crippen molar-refractivity contribution in [3.8, 4) is 5.75 Å². The number of nitrogens with one attached hydrogen (secondary N) is 1. The van der Waals surface area contributed by atoms with Gasteiger partial charge in [0.1, 0.15) is 9.96 Å². The summed E-state index contributed by atoms with van der Waals surface area (Å²) < 4.78 is 33.1. The van der Waals surface area contributed by atoms with Crippen molar-refractivity contribution in [3.05, 3.63) is 41.8 Å². The Hall–Kier alpha value is -1.90. The normalized spacial score (nSPS) is 19.3. The summed E-state index contributed by atoms with van der Waals surface area (Å²) in [5.74, 6) is 0.534. The molecule has 29 heavy (non-hydrogen) atoms. The van der Waals surface area contributed by atoms with Crippen molar-refractivity contribution >= 4 is 33.0 Å². The third-order valence-electron chi connectivity index (χ3n) is 5.62. The Morgan fingerprint density at radius 2 is 1.83 bits per heavy atom. The van der Waals surface area contributed by atoms with E-state index >= 15 is 0 Å². The van der Waals surface area contributed by atoms with E-state index in [1.54, 1.807) is 17.5 Å². The highest BCUT2D eigenvalue weighted by molar-refractivity contribution is 7.91. The van der Waals surface area contributed by atoms with E-state index in [9.17, 15) is 13.2 Å². The Labute approximate surface area is 175 Å². The van der Waals surface area contributed by atoms with E-state index < -0.39 is 10.0 Å². The number of hydrogen-bond acceptors (Lipinski definition) is 5. The van der Waals surface area contributed by atoms with E-state index in [1.807, 2.05) is 24.3 Å². The van der Waals surface area contributed by atoms with Crippen molar-refractivity contribution in [2.24, 2.45) is 5.92 Å². The van der Waals surface area contributed by atoms with Gasteiger partial charge in [-0.25, -0.2) is 8.42 Å². The Balaban J connectivity index is 1.32. The lowest BCUT2D eigenvalue weighted by atomic mass is 9.97. The molecule has 0 spiro atoms. The van der Waals surface area contributed by atoms with Gasteiger partial charge in [-0.3, -0.25) is 4.79 Å². The molecular weight excluding hydrogens is 408 g/mol. The molecule has 1 aromatic heterocycles.